The van der Waals surface area contributed by atoms with Gasteiger partial charge < -0.3 is 14.6 Å². The normalized spacial score (nSPS) is 11.3. The van der Waals surface area contributed by atoms with Crippen molar-refractivity contribution in [3.63, 3.8) is 0 Å². The molecule has 1 heterocycles. The number of alkyl halides is 3. The molecule has 118 valence electrons. The van der Waals surface area contributed by atoms with E-state index in [2.05, 4.69) is 10.5 Å². The number of aryl methyl sites for hydroxylation is 1. The lowest BCUT2D eigenvalue weighted by atomic mass is 10.2. The van der Waals surface area contributed by atoms with Gasteiger partial charge in [-0.15, -0.1) is 0 Å². The van der Waals surface area contributed by atoms with Crippen LogP contribution in [0.4, 0.5) is 18.9 Å². The first-order valence-corrected chi connectivity index (χ1v) is 6.35. The number of anilines is 1. The molecule has 22 heavy (non-hydrogen) atoms. The molecule has 2 rings (SSSR count). The third-order valence-electron chi connectivity index (χ3n) is 2.84. The second-order valence-corrected chi connectivity index (χ2v) is 4.46. The van der Waals surface area contributed by atoms with Crippen molar-refractivity contribution in [2.75, 3.05) is 12.4 Å². The number of halogens is 3. The van der Waals surface area contributed by atoms with Crippen molar-refractivity contribution in [1.82, 2.24) is 5.16 Å². The molecule has 0 saturated carbocycles. The third-order valence-corrected chi connectivity index (χ3v) is 2.84. The highest BCUT2D eigenvalue weighted by atomic mass is 19.4. The van der Waals surface area contributed by atoms with Crippen molar-refractivity contribution in [3.05, 3.63) is 41.7 Å². The van der Waals surface area contributed by atoms with Crippen molar-refractivity contribution in [2.24, 2.45) is 0 Å². The Bertz CT molecular complexity index is 636. The minimum atomic E-state index is -4.39. The van der Waals surface area contributed by atoms with Crippen LogP contribution in [0, 0.1) is 0 Å². The number of carbonyl (C=O) groups excluding carboxylic acids is 1. The number of nitrogens with zero attached hydrogens (tertiary/aromatic N) is 1. The van der Waals surface area contributed by atoms with Gasteiger partial charge >= 0.3 is 6.18 Å². The van der Waals surface area contributed by atoms with Gasteiger partial charge in [-0.25, -0.2) is 0 Å². The molecule has 0 bridgehead atoms. The molecule has 0 saturated heterocycles. The maximum Gasteiger partial charge on any atom is 0.416 e. The van der Waals surface area contributed by atoms with Crippen LogP contribution < -0.4 is 10.1 Å². The molecule has 1 aromatic heterocycles. The van der Waals surface area contributed by atoms with Crippen LogP contribution in [0.1, 0.15) is 17.7 Å². The van der Waals surface area contributed by atoms with Crippen molar-refractivity contribution >= 4 is 11.6 Å². The number of carbonyl (C=O) groups is 1. The molecule has 1 amide bonds. The van der Waals surface area contributed by atoms with Gasteiger partial charge in [-0.1, -0.05) is 0 Å². The summed E-state index contributed by atoms with van der Waals surface area (Å²) in [6, 6.07) is 5.80. The van der Waals surface area contributed by atoms with E-state index in [1.54, 1.807) is 6.07 Å². The van der Waals surface area contributed by atoms with Crippen LogP contribution in [0.5, 0.6) is 5.88 Å². The van der Waals surface area contributed by atoms with Gasteiger partial charge in [-0.05, 0) is 29.4 Å². The molecule has 0 aliphatic rings. The van der Waals surface area contributed by atoms with Crippen LogP contribution in [-0.2, 0) is 17.4 Å². The van der Waals surface area contributed by atoms with Crippen LogP contribution in [0.3, 0.4) is 0 Å². The summed E-state index contributed by atoms with van der Waals surface area (Å²) in [5, 5.41) is 6.11. The Morgan fingerprint density at radius 1 is 1.32 bits per heavy atom. The highest BCUT2D eigenvalue weighted by molar-refractivity contribution is 5.90. The first kappa shape index (κ1) is 15.9. The lowest BCUT2D eigenvalue weighted by Crippen LogP contribution is -2.12. The maximum atomic E-state index is 12.4. The van der Waals surface area contributed by atoms with Crippen LogP contribution in [-0.4, -0.2) is 18.2 Å². The molecule has 0 aliphatic carbocycles. The molecule has 2 aromatic rings. The molecule has 0 spiro atoms. The number of rotatable bonds is 5. The quantitative estimate of drug-likeness (QED) is 0.920. The van der Waals surface area contributed by atoms with Crippen molar-refractivity contribution in [2.45, 2.75) is 19.0 Å². The maximum absolute atomic E-state index is 12.4. The van der Waals surface area contributed by atoms with Gasteiger partial charge in [0.25, 0.3) is 5.88 Å². The van der Waals surface area contributed by atoms with E-state index in [0.29, 0.717) is 23.7 Å². The Balaban J connectivity index is 1.86. The van der Waals surface area contributed by atoms with Crippen LogP contribution in [0.25, 0.3) is 0 Å². The Labute approximate surface area is 124 Å². The predicted molar refractivity (Wildman–Crippen MR) is 71.4 cm³/mol. The fourth-order valence-corrected chi connectivity index (χ4v) is 1.71. The Morgan fingerprint density at radius 2 is 2.00 bits per heavy atom. The van der Waals surface area contributed by atoms with E-state index in [-0.39, 0.29) is 12.3 Å². The summed E-state index contributed by atoms with van der Waals surface area (Å²) in [6.07, 6.45) is -3.98. The minimum absolute atomic E-state index is 0.110. The van der Waals surface area contributed by atoms with E-state index in [1.165, 1.54) is 19.2 Å². The van der Waals surface area contributed by atoms with Gasteiger partial charge in [0.05, 0.1) is 12.7 Å². The lowest BCUT2D eigenvalue weighted by molar-refractivity contribution is -0.137. The first-order valence-electron chi connectivity index (χ1n) is 6.35. The summed E-state index contributed by atoms with van der Waals surface area (Å²) < 4.78 is 47.0. The molecule has 0 fully saturated rings. The van der Waals surface area contributed by atoms with E-state index in [0.717, 1.165) is 12.1 Å². The number of benzene rings is 1. The monoisotopic (exact) mass is 314 g/mol. The summed E-state index contributed by atoms with van der Waals surface area (Å²) in [4.78, 5) is 11.7. The van der Waals surface area contributed by atoms with E-state index in [4.69, 9.17) is 9.26 Å². The molecule has 0 radical (unpaired) electrons. The van der Waals surface area contributed by atoms with E-state index in [1.807, 2.05) is 0 Å². The van der Waals surface area contributed by atoms with Gasteiger partial charge in [0, 0.05) is 24.6 Å². The van der Waals surface area contributed by atoms with Gasteiger partial charge in [0.15, 0.2) is 0 Å². The largest absolute Gasteiger partial charge is 0.479 e. The summed E-state index contributed by atoms with van der Waals surface area (Å²) in [5.74, 6) is 0.465. The molecular weight excluding hydrogens is 301 g/mol. The van der Waals surface area contributed by atoms with E-state index < -0.39 is 11.7 Å². The predicted octanol–water partition coefficient (Wildman–Crippen LogP) is 3.27. The molecule has 1 aromatic carbocycles. The molecular formula is C14H13F3N2O3. The molecule has 1 N–H and O–H groups in total. The van der Waals surface area contributed by atoms with Crippen molar-refractivity contribution < 1.29 is 27.2 Å². The number of hydrogen-bond donors (Lipinski definition) is 1. The number of ether oxygens (including phenoxy) is 1. The van der Waals surface area contributed by atoms with Crippen LogP contribution in [0.15, 0.2) is 34.9 Å². The fraction of sp³-hybridized carbons (Fsp3) is 0.286. The Kier molecular flexibility index (Phi) is 4.69. The van der Waals surface area contributed by atoms with Gasteiger partial charge in [0.1, 0.15) is 5.76 Å². The topological polar surface area (TPSA) is 64.4 Å². The summed E-state index contributed by atoms with van der Waals surface area (Å²) in [6.45, 7) is 0. The highest BCUT2D eigenvalue weighted by Gasteiger charge is 2.29. The number of aromatic nitrogens is 1. The van der Waals surface area contributed by atoms with Crippen molar-refractivity contribution in [1.29, 1.82) is 0 Å². The summed E-state index contributed by atoms with van der Waals surface area (Å²) in [7, 11) is 1.44. The molecule has 5 nitrogen and oxygen atoms in total. The standard InChI is InChI=1S/C14H13F3N2O3/c1-21-13-8-11(22-19-13)6-7-12(20)18-10-4-2-9(3-5-10)14(15,16)17/h2-5,8H,6-7H2,1H3,(H,18,20). The molecule has 8 heteroatoms. The summed E-state index contributed by atoms with van der Waals surface area (Å²) >= 11 is 0. The average Bonchev–Trinajstić information content (AvgIpc) is 2.93. The number of methoxy groups -OCH3 is 1. The molecule has 0 atom stereocenters. The van der Waals surface area contributed by atoms with Crippen LogP contribution in [0.2, 0.25) is 0 Å². The minimum Gasteiger partial charge on any atom is -0.479 e. The van der Waals surface area contributed by atoms with E-state index >= 15 is 0 Å². The van der Waals surface area contributed by atoms with Gasteiger partial charge in [-0.3, -0.25) is 4.79 Å². The number of amides is 1. The zero-order valence-electron chi connectivity index (χ0n) is 11.6. The summed E-state index contributed by atoms with van der Waals surface area (Å²) in [5.41, 5.74) is -0.465. The molecule has 0 aliphatic heterocycles. The second kappa shape index (κ2) is 6.50. The average molecular weight is 314 g/mol. The third kappa shape index (κ3) is 4.24. The highest BCUT2D eigenvalue weighted by Crippen LogP contribution is 2.29. The fourth-order valence-electron chi connectivity index (χ4n) is 1.71. The zero-order chi connectivity index (χ0) is 16.2. The smallest absolute Gasteiger partial charge is 0.416 e. The number of nitrogens with one attached hydrogen (secondary N) is 1. The second-order valence-electron chi connectivity index (χ2n) is 4.46. The van der Waals surface area contributed by atoms with Gasteiger partial charge in [0.2, 0.25) is 5.91 Å². The van der Waals surface area contributed by atoms with E-state index in [9.17, 15) is 18.0 Å². The lowest BCUT2D eigenvalue weighted by Gasteiger charge is -2.08. The molecule has 0 unspecified atom stereocenters. The van der Waals surface area contributed by atoms with Crippen molar-refractivity contribution in [3.8, 4) is 5.88 Å². The first-order chi connectivity index (χ1) is 10.4. The Hall–Kier alpha value is -2.51. The zero-order valence-corrected chi connectivity index (χ0v) is 11.6. The SMILES string of the molecule is COc1cc(CCC(=O)Nc2ccc(C(F)(F)F)cc2)on1. The Morgan fingerprint density at radius 3 is 2.55 bits per heavy atom. The number of hydrogen-bond acceptors (Lipinski definition) is 4. The van der Waals surface area contributed by atoms with Crippen LogP contribution >= 0.6 is 0 Å². The van der Waals surface area contributed by atoms with Gasteiger partial charge in [-0.2, -0.15) is 13.2 Å².